The highest BCUT2D eigenvalue weighted by atomic mass is 19.1. The SMILES string of the molecule is CC(C)N1CCN(c2cc3c(cc2F)C(=O)C(=O)N3)CC1. The fourth-order valence-electron chi connectivity index (χ4n) is 2.88. The van der Waals surface area contributed by atoms with Crippen LogP contribution in [0.15, 0.2) is 12.1 Å². The van der Waals surface area contributed by atoms with E-state index in [1.807, 2.05) is 4.90 Å². The summed E-state index contributed by atoms with van der Waals surface area (Å²) < 4.78 is 14.2. The van der Waals surface area contributed by atoms with Crippen molar-refractivity contribution < 1.29 is 14.0 Å². The Morgan fingerprint density at radius 1 is 1.14 bits per heavy atom. The van der Waals surface area contributed by atoms with Gasteiger partial charge in [-0.2, -0.15) is 0 Å². The number of amides is 1. The molecule has 1 fully saturated rings. The second kappa shape index (κ2) is 5.11. The number of ketones is 1. The number of carbonyl (C=O) groups excluding carboxylic acids is 2. The largest absolute Gasteiger partial charge is 0.367 e. The second-order valence-corrected chi connectivity index (χ2v) is 5.75. The van der Waals surface area contributed by atoms with Crippen LogP contribution in [-0.2, 0) is 4.79 Å². The van der Waals surface area contributed by atoms with Crippen LogP contribution >= 0.6 is 0 Å². The average molecular weight is 291 g/mol. The summed E-state index contributed by atoms with van der Waals surface area (Å²) in [5.41, 5.74) is 0.988. The molecular weight excluding hydrogens is 273 g/mol. The summed E-state index contributed by atoms with van der Waals surface area (Å²) in [6.07, 6.45) is 0. The molecule has 3 rings (SSSR count). The van der Waals surface area contributed by atoms with Crippen molar-refractivity contribution in [2.45, 2.75) is 19.9 Å². The number of benzene rings is 1. The van der Waals surface area contributed by atoms with E-state index in [1.54, 1.807) is 6.07 Å². The van der Waals surface area contributed by atoms with Crippen LogP contribution in [0.25, 0.3) is 0 Å². The highest BCUT2D eigenvalue weighted by molar-refractivity contribution is 6.51. The summed E-state index contributed by atoms with van der Waals surface area (Å²) >= 11 is 0. The second-order valence-electron chi connectivity index (χ2n) is 5.75. The lowest BCUT2D eigenvalue weighted by atomic mass is 10.1. The van der Waals surface area contributed by atoms with Crippen LogP contribution in [0.3, 0.4) is 0 Å². The molecule has 1 aromatic rings. The number of halogens is 1. The van der Waals surface area contributed by atoms with E-state index in [1.165, 1.54) is 6.07 Å². The van der Waals surface area contributed by atoms with Gasteiger partial charge in [-0.1, -0.05) is 0 Å². The molecule has 0 atom stereocenters. The molecule has 0 radical (unpaired) electrons. The number of anilines is 2. The average Bonchev–Trinajstić information content (AvgIpc) is 2.73. The number of hydrogen-bond acceptors (Lipinski definition) is 4. The van der Waals surface area contributed by atoms with Crippen LogP contribution in [0.2, 0.25) is 0 Å². The Morgan fingerprint density at radius 3 is 2.43 bits per heavy atom. The third-order valence-corrected chi connectivity index (χ3v) is 4.17. The number of hydrogen-bond donors (Lipinski definition) is 1. The van der Waals surface area contributed by atoms with E-state index in [0.29, 0.717) is 17.4 Å². The molecule has 6 heteroatoms. The van der Waals surface area contributed by atoms with Gasteiger partial charge in [0.05, 0.1) is 16.9 Å². The van der Waals surface area contributed by atoms with Gasteiger partial charge in [0.1, 0.15) is 5.82 Å². The number of Topliss-reactive ketones (excluding diaryl/α,β-unsaturated/α-hetero) is 1. The molecule has 5 nitrogen and oxygen atoms in total. The van der Waals surface area contributed by atoms with Crippen LogP contribution in [0.4, 0.5) is 15.8 Å². The van der Waals surface area contributed by atoms with Gasteiger partial charge in [0.15, 0.2) is 0 Å². The third kappa shape index (κ3) is 2.40. The fourth-order valence-corrected chi connectivity index (χ4v) is 2.88. The smallest absolute Gasteiger partial charge is 0.296 e. The van der Waals surface area contributed by atoms with E-state index in [4.69, 9.17) is 0 Å². The highest BCUT2D eigenvalue weighted by Crippen LogP contribution is 2.31. The summed E-state index contributed by atoms with van der Waals surface area (Å²) in [7, 11) is 0. The van der Waals surface area contributed by atoms with Crippen molar-refractivity contribution in [3.8, 4) is 0 Å². The highest BCUT2D eigenvalue weighted by Gasteiger charge is 2.31. The minimum absolute atomic E-state index is 0.127. The molecule has 2 aliphatic heterocycles. The van der Waals surface area contributed by atoms with Crippen molar-refractivity contribution in [2.75, 3.05) is 36.4 Å². The molecule has 1 aromatic carbocycles. The number of fused-ring (bicyclic) bond motifs is 1. The van der Waals surface area contributed by atoms with Crippen LogP contribution in [0.1, 0.15) is 24.2 Å². The Morgan fingerprint density at radius 2 is 1.81 bits per heavy atom. The first kappa shape index (κ1) is 14.0. The number of nitrogens with zero attached hydrogens (tertiary/aromatic N) is 2. The Bertz CT molecular complexity index is 607. The zero-order valence-corrected chi connectivity index (χ0v) is 12.1. The standard InChI is InChI=1S/C15H18FN3O2/c1-9(2)18-3-5-19(6-4-18)13-8-12-10(7-11(13)16)14(20)15(21)17-12/h7-9H,3-6H2,1-2H3,(H,17,20,21). The first-order valence-electron chi connectivity index (χ1n) is 7.15. The lowest BCUT2D eigenvalue weighted by molar-refractivity contribution is -0.112. The van der Waals surface area contributed by atoms with Crippen molar-refractivity contribution in [3.63, 3.8) is 0 Å². The molecule has 1 N–H and O–H groups in total. The predicted octanol–water partition coefficient (Wildman–Crippen LogP) is 1.49. The minimum Gasteiger partial charge on any atom is -0.367 e. The van der Waals surface area contributed by atoms with Crippen molar-refractivity contribution in [1.29, 1.82) is 0 Å². The number of piperazine rings is 1. The van der Waals surface area contributed by atoms with Crippen LogP contribution in [0.5, 0.6) is 0 Å². The van der Waals surface area contributed by atoms with Crippen LogP contribution < -0.4 is 10.2 Å². The molecule has 0 unspecified atom stereocenters. The maximum absolute atomic E-state index is 14.2. The number of carbonyl (C=O) groups is 2. The van der Waals surface area contributed by atoms with E-state index in [-0.39, 0.29) is 5.56 Å². The maximum Gasteiger partial charge on any atom is 0.296 e. The van der Waals surface area contributed by atoms with E-state index < -0.39 is 17.5 Å². The van der Waals surface area contributed by atoms with Gasteiger partial charge in [0, 0.05) is 32.2 Å². The molecule has 112 valence electrons. The molecule has 1 amide bonds. The van der Waals surface area contributed by atoms with E-state index in [9.17, 15) is 14.0 Å². The molecule has 1 saturated heterocycles. The van der Waals surface area contributed by atoms with Crippen molar-refractivity contribution in [1.82, 2.24) is 4.90 Å². The molecule has 0 bridgehead atoms. The van der Waals surface area contributed by atoms with Crippen molar-refractivity contribution in [3.05, 3.63) is 23.5 Å². The van der Waals surface area contributed by atoms with Gasteiger partial charge in [-0.05, 0) is 26.0 Å². The zero-order valence-electron chi connectivity index (χ0n) is 12.1. The molecule has 2 aliphatic rings. The molecule has 0 aromatic heterocycles. The number of nitrogens with one attached hydrogen (secondary N) is 1. The lowest BCUT2D eigenvalue weighted by Gasteiger charge is -2.38. The quantitative estimate of drug-likeness (QED) is 0.839. The van der Waals surface area contributed by atoms with Crippen LogP contribution in [-0.4, -0.2) is 48.8 Å². The van der Waals surface area contributed by atoms with Gasteiger partial charge in [-0.15, -0.1) is 0 Å². The molecule has 0 aliphatic carbocycles. The molecule has 0 saturated carbocycles. The molecule has 0 spiro atoms. The topological polar surface area (TPSA) is 52.7 Å². The van der Waals surface area contributed by atoms with Gasteiger partial charge in [-0.25, -0.2) is 4.39 Å². The maximum atomic E-state index is 14.2. The first-order chi connectivity index (χ1) is 9.97. The lowest BCUT2D eigenvalue weighted by Crippen LogP contribution is -2.49. The van der Waals surface area contributed by atoms with E-state index in [0.717, 1.165) is 26.2 Å². The van der Waals surface area contributed by atoms with Gasteiger partial charge in [0.2, 0.25) is 0 Å². The molecule has 21 heavy (non-hydrogen) atoms. The van der Waals surface area contributed by atoms with Gasteiger partial charge < -0.3 is 10.2 Å². The Kier molecular flexibility index (Phi) is 3.41. The summed E-state index contributed by atoms with van der Waals surface area (Å²) in [4.78, 5) is 27.2. The summed E-state index contributed by atoms with van der Waals surface area (Å²) in [5, 5.41) is 2.49. The Balaban J connectivity index is 1.83. The van der Waals surface area contributed by atoms with E-state index >= 15 is 0 Å². The monoisotopic (exact) mass is 291 g/mol. The normalized spacial score (nSPS) is 19.1. The molecule has 2 heterocycles. The Labute approximate surface area is 122 Å². The summed E-state index contributed by atoms with van der Waals surface area (Å²) in [6, 6.07) is 3.21. The zero-order chi connectivity index (χ0) is 15.1. The van der Waals surface area contributed by atoms with Crippen molar-refractivity contribution in [2.24, 2.45) is 0 Å². The molecular formula is C15H18FN3O2. The van der Waals surface area contributed by atoms with Gasteiger partial charge in [-0.3, -0.25) is 14.5 Å². The van der Waals surface area contributed by atoms with Gasteiger partial charge in [0.25, 0.3) is 11.7 Å². The Hall–Kier alpha value is -1.95. The van der Waals surface area contributed by atoms with E-state index in [2.05, 4.69) is 24.1 Å². The predicted molar refractivity (Wildman–Crippen MR) is 78.3 cm³/mol. The summed E-state index contributed by atoms with van der Waals surface area (Å²) in [6.45, 7) is 7.50. The summed E-state index contributed by atoms with van der Waals surface area (Å²) in [5.74, 6) is -1.80. The minimum atomic E-state index is -0.689. The third-order valence-electron chi connectivity index (χ3n) is 4.17. The fraction of sp³-hybridized carbons (Fsp3) is 0.467. The van der Waals surface area contributed by atoms with Crippen molar-refractivity contribution >= 4 is 23.1 Å². The number of rotatable bonds is 2. The van der Waals surface area contributed by atoms with Crippen LogP contribution in [0, 0.1) is 5.82 Å². The van der Waals surface area contributed by atoms with Gasteiger partial charge >= 0.3 is 0 Å². The first-order valence-corrected chi connectivity index (χ1v) is 7.15.